The number of aliphatic carboxylic acids is 1. The van der Waals surface area contributed by atoms with Crippen LogP contribution in [0, 0.1) is 6.92 Å². The van der Waals surface area contributed by atoms with Gasteiger partial charge in [0.15, 0.2) is 5.03 Å². The minimum Gasteiger partial charge on any atom is -0.475 e. The van der Waals surface area contributed by atoms with Crippen molar-refractivity contribution in [2.45, 2.75) is 43.1 Å². The van der Waals surface area contributed by atoms with E-state index in [1.54, 1.807) is 23.0 Å². The topological polar surface area (TPSA) is 138 Å². The molecular formula is C19H25F3N6O5S2. The van der Waals surface area contributed by atoms with Crippen molar-refractivity contribution in [1.29, 1.82) is 0 Å². The molecule has 2 N–H and O–H groups in total. The van der Waals surface area contributed by atoms with Crippen molar-refractivity contribution >= 4 is 33.2 Å². The summed E-state index contributed by atoms with van der Waals surface area (Å²) in [6.07, 6.45) is -1.20. The number of carboxylic acids is 1. The molecule has 0 aromatic carbocycles. The summed E-state index contributed by atoms with van der Waals surface area (Å²) in [5.74, 6) is -2.77. The van der Waals surface area contributed by atoms with Crippen LogP contribution in [0.5, 0.6) is 0 Å². The third-order valence-electron chi connectivity index (χ3n) is 5.79. The number of carboxylic acid groups (broad SMARTS) is 1. The van der Waals surface area contributed by atoms with Crippen LogP contribution < -0.4 is 5.32 Å². The Morgan fingerprint density at radius 2 is 1.91 bits per heavy atom. The summed E-state index contributed by atoms with van der Waals surface area (Å²) < 4.78 is 60.5. The highest BCUT2D eigenvalue weighted by Gasteiger charge is 2.49. The van der Waals surface area contributed by atoms with E-state index in [0.29, 0.717) is 39.0 Å². The van der Waals surface area contributed by atoms with Crippen molar-refractivity contribution in [2.75, 3.05) is 26.2 Å². The lowest BCUT2D eigenvalue weighted by atomic mass is 9.83. The van der Waals surface area contributed by atoms with Crippen LogP contribution in [0.3, 0.4) is 0 Å². The quantitative estimate of drug-likeness (QED) is 0.588. The normalized spacial score (nSPS) is 19.2. The van der Waals surface area contributed by atoms with E-state index in [1.165, 1.54) is 16.8 Å². The van der Waals surface area contributed by atoms with Crippen molar-refractivity contribution in [1.82, 2.24) is 29.1 Å². The fourth-order valence-electron chi connectivity index (χ4n) is 4.03. The van der Waals surface area contributed by atoms with Gasteiger partial charge in [0.25, 0.3) is 10.0 Å². The van der Waals surface area contributed by atoms with Crippen LogP contribution in [0.4, 0.5) is 13.2 Å². The third-order valence-corrected chi connectivity index (χ3v) is 8.40. The molecule has 2 aromatic rings. The summed E-state index contributed by atoms with van der Waals surface area (Å²) in [5, 5.41) is 13.2. The highest BCUT2D eigenvalue weighted by atomic mass is 32.2. The van der Waals surface area contributed by atoms with Gasteiger partial charge in [-0.25, -0.2) is 23.2 Å². The average Bonchev–Trinajstić information content (AvgIpc) is 3.40. The Kier molecular flexibility index (Phi) is 7.88. The molecule has 0 bridgehead atoms. The molecule has 4 heterocycles. The fourth-order valence-corrected chi connectivity index (χ4v) is 6.04. The van der Waals surface area contributed by atoms with Crippen LogP contribution in [0.1, 0.15) is 23.5 Å². The molecule has 2 saturated heterocycles. The smallest absolute Gasteiger partial charge is 0.475 e. The SMILES string of the molecule is Cc1nc(CN2CCNC(=O)C23CCN(S(=O)(=O)c2cn(C)cn2)CC3)cs1.O=C(O)C(F)(F)F. The van der Waals surface area contributed by atoms with Gasteiger partial charge in [0, 0.05) is 51.3 Å². The van der Waals surface area contributed by atoms with E-state index in [1.807, 2.05) is 12.3 Å². The lowest BCUT2D eigenvalue weighted by Crippen LogP contribution is -2.67. The standard InChI is InChI=1S/C17H24N6O3S2.C2HF3O2/c1-13-20-14(11-27-13)9-22-8-5-18-16(24)17(22)3-6-23(7-4-17)28(25,26)15-10-21(2)12-19-15;3-2(4,5)1(6)7/h10-12H,3-9H2,1-2H3,(H,18,24);(H,6,7). The maximum atomic E-state index is 12.9. The van der Waals surface area contributed by atoms with Gasteiger partial charge in [0.2, 0.25) is 5.91 Å². The van der Waals surface area contributed by atoms with Gasteiger partial charge in [-0.15, -0.1) is 11.3 Å². The number of imidazole rings is 1. The molecule has 4 rings (SSSR count). The molecule has 11 nitrogen and oxygen atoms in total. The van der Waals surface area contributed by atoms with Crippen LogP contribution in [0.2, 0.25) is 0 Å². The second-order valence-corrected chi connectivity index (χ2v) is 11.1. The van der Waals surface area contributed by atoms with E-state index in [4.69, 9.17) is 9.90 Å². The number of hydrogen-bond donors (Lipinski definition) is 2. The molecule has 2 aromatic heterocycles. The molecule has 0 atom stereocenters. The van der Waals surface area contributed by atoms with E-state index in [2.05, 4.69) is 20.2 Å². The van der Waals surface area contributed by atoms with Crippen LogP contribution in [0.25, 0.3) is 0 Å². The second kappa shape index (κ2) is 10.2. The van der Waals surface area contributed by atoms with Crippen LogP contribution >= 0.6 is 11.3 Å². The molecular weight excluding hydrogens is 513 g/mol. The number of aryl methyl sites for hydroxylation is 2. The van der Waals surface area contributed by atoms with E-state index < -0.39 is 27.7 Å². The minimum absolute atomic E-state index is 0.0133. The van der Waals surface area contributed by atoms with Crippen molar-refractivity contribution in [3.8, 4) is 0 Å². The first-order chi connectivity index (χ1) is 16.3. The summed E-state index contributed by atoms with van der Waals surface area (Å²) in [5.41, 5.74) is 0.270. The molecule has 194 valence electrons. The number of aromatic nitrogens is 3. The number of alkyl halides is 3. The van der Waals surface area contributed by atoms with Crippen molar-refractivity contribution in [3.63, 3.8) is 0 Å². The van der Waals surface area contributed by atoms with Gasteiger partial charge in [-0.1, -0.05) is 0 Å². The summed E-state index contributed by atoms with van der Waals surface area (Å²) in [7, 11) is -1.91. The highest BCUT2D eigenvalue weighted by molar-refractivity contribution is 7.89. The maximum Gasteiger partial charge on any atom is 0.490 e. The average molecular weight is 539 g/mol. The fraction of sp³-hybridized carbons (Fsp3) is 0.579. The largest absolute Gasteiger partial charge is 0.490 e. The lowest BCUT2D eigenvalue weighted by molar-refractivity contribution is -0.192. The number of piperidine rings is 1. The molecule has 0 saturated carbocycles. The predicted octanol–water partition coefficient (Wildman–Crippen LogP) is 0.974. The number of thiazole rings is 1. The number of amides is 1. The third kappa shape index (κ3) is 5.99. The number of rotatable bonds is 4. The van der Waals surface area contributed by atoms with Crippen LogP contribution in [-0.2, 0) is 33.2 Å². The predicted molar refractivity (Wildman–Crippen MR) is 118 cm³/mol. The van der Waals surface area contributed by atoms with Gasteiger partial charge in [0.05, 0.1) is 17.0 Å². The molecule has 1 amide bonds. The Morgan fingerprint density at radius 3 is 2.40 bits per heavy atom. The number of halogens is 3. The minimum atomic E-state index is -5.08. The van der Waals surface area contributed by atoms with Gasteiger partial charge in [-0.2, -0.15) is 17.5 Å². The lowest BCUT2D eigenvalue weighted by Gasteiger charge is -2.49. The molecule has 1 spiro atoms. The van der Waals surface area contributed by atoms with Crippen molar-refractivity contribution < 1.29 is 36.3 Å². The summed E-state index contributed by atoms with van der Waals surface area (Å²) in [4.78, 5) is 32.4. The number of carbonyl (C=O) groups excluding carboxylic acids is 1. The molecule has 0 aliphatic carbocycles. The van der Waals surface area contributed by atoms with E-state index in [0.717, 1.165) is 17.2 Å². The summed E-state index contributed by atoms with van der Waals surface area (Å²) in [6.45, 7) is 4.48. The number of hydrogen-bond acceptors (Lipinski definition) is 8. The zero-order valence-corrected chi connectivity index (χ0v) is 20.6. The Balaban J connectivity index is 0.000000429. The second-order valence-electron chi connectivity index (χ2n) is 8.15. The van der Waals surface area contributed by atoms with Crippen LogP contribution in [0.15, 0.2) is 22.9 Å². The van der Waals surface area contributed by atoms with Crippen molar-refractivity contribution in [2.24, 2.45) is 7.05 Å². The number of carbonyl (C=O) groups is 2. The summed E-state index contributed by atoms with van der Waals surface area (Å²) in [6, 6.07) is 0. The van der Waals surface area contributed by atoms with Gasteiger partial charge in [0.1, 0.15) is 5.54 Å². The Hall–Kier alpha value is -2.56. The number of nitrogens with zero attached hydrogens (tertiary/aromatic N) is 5. The first-order valence-electron chi connectivity index (χ1n) is 10.5. The number of sulfonamides is 1. The molecule has 0 unspecified atom stereocenters. The Labute approximate surface area is 203 Å². The number of piperazine rings is 1. The van der Waals surface area contributed by atoms with E-state index >= 15 is 0 Å². The molecule has 0 radical (unpaired) electrons. The van der Waals surface area contributed by atoms with Crippen molar-refractivity contribution in [3.05, 3.63) is 28.6 Å². The first kappa shape index (κ1) is 27.0. The van der Waals surface area contributed by atoms with Crippen LogP contribution in [-0.4, -0.2) is 87.0 Å². The molecule has 35 heavy (non-hydrogen) atoms. The summed E-state index contributed by atoms with van der Waals surface area (Å²) >= 11 is 1.60. The molecule has 2 aliphatic rings. The Morgan fingerprint density at radius 1 is 1.29 bits per heavy atom. The molecule has 2 aliphatic heterocycles. The van der Waals surface area contributed by atoms with Gasteiger partial charge < -0.3 is 15.0 Å². The zero-order chi connectivity index (χ0) is 26.0. The van der Waals surface area contributed by atoms with E-state index in [9.17, 15) is 26.4 Å². The van der Waals surface area contributed by atoms with E-state index in [-0.39, 0.29) is 10.9 Å². The molecule has 2 fully saturated rings. The molecule has 16 heteroatoms. The Bertz CT molecular complexity index is 1170. The maximum absolute atomic E-state index is 12.9. The van der Waals surface area contributed by atoms with Gasteiger partial charge >= 0.3 is 12.1 Å². The monoisotopic (exact) mass is 538 g/mol. The van der Waals surface area contributed by atoms with Gasteiger partial charge in [-0.05, 0) is 19.8 Å². The highest BCUT2D eigenvalue weighted by Crippen LogP contribution is 2.34. The van der Waals surface area contributed by atoms with Gasteiger partial charge in [-0.3, -0.25) is 9.69 Å². The first-order valence-corrected chi connectivity index (χ1v) is 12.8. The zero-order valence-electron chi connectivity index (χ0n) is 18.9. The number of nitrogens with one attached hydrogen (secondary N) is 1.